The summed E-state index contributed by atoms with van der Waals surface area (Å²) in [5.74, 6) is 0. The molecule has 0 saturated carbocycles. The predicted octanol–water partition coefficient (Wildman–Crippen LogP) is 3.20. The third-order valence-corrected chi connectivity index (χ3v) is 3.97. The van der Waals surface area contributed by atoms with Crippen molar-refractivity contribution in [2.45, 2.75) is 39.1 Å². The molecule has 0 spiro atoms. The van der Waals surface area contributed by atoms with Crippen LogP contribution in [0.25, 0.3) is 0 Å². The van der Waals surface area contributed by atoms with E-state index in [0.717, 1.165) is 11.3 Å². The lowest BCUT2D eigenvalue weighted by atomic mass is 9.99. The first-order valence-electron chi connectivity index (χ1n) is 6.76. The molecule has 106 valence electrons. The molecule has 5 heteroatoms. The van der Waals surface area contributed by atoms with E-state index in [1.165, 1.54) is 11.1 Å². The van der Waals surface area contributed by atoms with Crippen molar-refractivity contribution in [3.63, 3.8) is 0 Å². The minimum absolute atomic E-state index is 0.223. The first kappa shape index (κ1) is 13.6. The zero-order chi connectivity index (χ0) is 14.3. The van der Waals surface area contributed by atoms with Crippen molar-refractivity contribution in [3.8, 4) is 0 Å². The molecule has 1 aliphatic heterocycles. The second-order valence-electron chi connectivity index (χ2n) is 5.41. The van der Waals surface area contributed by atoms with Crippen LogP contribution >= 0.6 is 11.6 Å². The second-order valence-corrected chi connectivity index (χ2v) is 5.82. The summed E-state index contributed by atoms with van der Waals surface area (Å²) < 4.78 is 7.33. The molecule has 4 nitrogen and oxygen atoms in total. The SMILES string of the molecule is CC(C)n1ncc(Cl)c1C(N)c1ccc2c(c1)COC2. The fourth-order valence-corrected chi connectivity index (χ4v) is 2.84. The van der Waals surface area contributed by atoms with Crippen LogP contribution in [0.3, 0.4) is 0 Å². The van der Waals surface area contributed by atoms with Gasteiger partial charge in [-0.15, -0.1) is 0 Å². The molecular weight excluding hydrogens is 274 g/mol. The van der Waals surface area contributed by atoms with Crippen molar-refractivity contribution < 1.29 is 4.74 Å². The van der Waals surface area contributed by atoms with Gasteiger partial charge in [-0.3, -0.25) is 4.68 Å². The summed E-state index contributed by atoms with van der Waals surface area (Å²) in [6.45, 7) is 5.48. The van der Waals surface area contributed by atoms with Crippen molar-refractivity contribution >= 4 is 11.6 Å². The fourth-order valence-electron chi connectivity index (χ4n) is 2.60. The highest BCUT2D eigenvalue weighted by atomic mass is 35.5. The largest absolute Gasteiger partial charge is 0.372 e. The van der Waals surface area contributed by atoms with Gasteiger partial charge in [0.05, 0.1) is 36.2 Å². The van der Waals surface area contributed by atoms with E-state index in [4.69, 9.17) is 22.1 Å². The Morgan fingerprint density at radius 2 is 2.05 bits per heavy atom. The molecule has 1 aliphatic rings. The predicted molar refractivity (Wildman–Crippen MR) is 78.6 cm³/mol. The lowest BCUT2D eigenvalue weighted by Gasteiger charge is -2.18. The lowest BCUT2D eigenvalue weighted by molar-refractivity contribution is 0.134. The third-order valence-electron chi connectivity index (χ3n) is 3.68. The standard InChI is InChI=1S/C15H18ClN3O/c1-9(2)19-15(13(16)6-18-19)14(17)10-3-4-11-7-20-8-12(11)5-10/h3-6,9,14H,7-8,17H2,1-2H3. The molecule has 0 aliphatic carbocycles. The summed E-state index contributed by atoms with van der Waals surface area (Å²) in [5.41, 5.74) is 10.8. The number of benzene rings is 1. The monoisotopic (exact) mass is 291 g/mol. The smallest absolute Gasteiger partial charge is 0.0837 e. The van der Waals surface area contributed by atoms with Crippen molar-refractivity contribution in [2.75, 3.05) is 0 Å². The molecule has 3 rings (SSSR count). The molecule has 0 saturated heterocycles. The van der Waals surface area contributed by atoms with E-state index in [0.29, 0.717) is 18.2 Å². The van der Waals surface area contributed by atoms with Crippen molar-refractivity contribution in [1.29, 1.82) is 0 Å². The van der Waals surface area contributed by atoms with Gasteiger partial charge in [-0.05, 0) is 30.5 Å². The normalized spacial score (nSPS) is 15.7. The highest BCUT2D eigenvalue weighted by Crippen LogP contribution is 2.30. The maximum atomic E-state index is 6.41. The number of nitrogens with two attached hydrogens (primary N) is 1. The number of fused-ring (bicyclic) bond motifs is 1. The minimum atomic E-state index is -0.279. The van der Waals surface area contributed by atoms with Crippen LogP contribution in [-0.2, 0) is 18.0 Å². The molecule has 2 aromatic rings. The van der Waals surface area contributed by atoms with Gasteiger partial charge in [-0.1, -0.05) is 29.8 Å². The third kappa shape index (κ3) is 2.24. The number of hydrogen-bond acceptors (Lipinski definition) is 3. The summed E-state index contributed by atoms with van der Waals surface area (Å²) in [6.07, 6.45) is 1.66. The van der Waals surface area contributed by atoms with Gasteiger partial charge in [0.1, 0.15) is 0 Å². The zero-order valence-corrected chi connectivity index (χ0v) is 12.4. The molecule has 1 unspecified atom stereocenters. The van der Waals surface area contributed by atoms with Crippen LogP contribution in [0, 0.1) is 0 Å². The van der Waals surface area contributed by atoms with Crippen LogP contribution in [-0.4, -0.2) is 9.78 Å². The molecule has 0 radical (unpaired) electrons. The molecular formula is C15H18ClN3O. The van der Waals surface area contributed by atoms with E-state index in [2.05, 4.69) is 31.1 Å². The number of halogens is 1. The van der Waals surface area contributed by atoms with Gasteiger partial charge in [0.15, 0.2) is 0 Å². The van der Waals surface area contributed by atoms with Crippen LogP contribution in [0.1, 0.15) is 48.3 Å². The van der Waals surface area contributed by atoms with E-state index in [9.17, 15) is 0 Å². The van der Waals surface area contributed by atoms with Crippen LogP contribution < -0.4 is 5.73 Å². The van der Waals surface area contributed by atoms with E-state index >= 15 is 0 Å². The van der Waals surface area contributed by atoms with Gasteiger partial charge < -0.3 is 10.5 Å². The second kappa shape index (κ2) is 5.20. The Balaban J connectivity index is 2.00. The summed E-state index contributed by atoms with van der Waals surface area (Å²) >= 11 is 6.26. The Morgan fingerprint density at radius 3 is 2.80 bits per heavy atom. The highest BCUT2D eigenvalue weighted by Gasteiger charge is 2.21. The van der Waals surface area contributed by atoms with Crippen LogP contribution in [0.4, 0.5) is 0 Å². The van der Waals surface area contributed by atoms with Gasteiger partial charge in [0.2, 0.25) is 0 Å². The molecule has 0 bridgehead atoms. The highest BCUT2D eigenvalue weighted by molar-refractivity contribution is 6.31. The minimum Gasteiger partial charge on any atom is -0.372 e. The van der Waals surface area contributed by atoms with Gasteiger partial charge >= 0.3 is 0 Å². The summed E-state index contributed by atoms with van der Waals surface area (Å²) in [5, 5.41) is 4.93. The average Bonchev–Trinajstić information content (AvgIpc) is 3.03. The fraction of sp³-hybridized carbons (Fsp3) is 0.400. The molecule has 20 heavy (non-hydrogen) atoms. The van der Waals surface area contributed by atoms with Gasteiger partial charge in [-0.25, -0.2) is 0 Å². The van der Waals surface area contributed by atoms with Crippen LogP contribution in [0.15, 0.2) is 24.4 Å². The molecule has 1 aromatic heterocycles. The molecule has 2 N–H and O–H groups in total. The Kier molecular flexibility index (Phi) is 3.54. The van der Waals surface area contributed by atoms with Gasteiger partial charge in [-0.2, -0.15) is 5.10 Å². The zero-order valence-electron chi connectivity index (χ0n) is 11.6. The Hall–Kier alpha value is -1.36. The van der Waals surface area contributed by atoms with E-state index < -0.39 is 0 Å². The first-order valence-corrected chi connectivity index (χ1v) is 7.13. The molecule has 2 heterocycles. The maximum Gasteiger partial charge on any atom is 0.0837 e. The Labute approximate surface area is 123 Å². The number of aromatic nitrogens is 2. The van der Waals surface area contributed by atoms with Gasteiger partial charge in [0, 0.05) is 6.04 Å². The van der Waals surface area contributed by atoms with Crippen molar-refractivity contribution in [3.05, 3.63) is 51.8 Å². The molecule has 1 aromatic carbocycles. The summed E-state index contributed by atoms with van der Waals surface area (Å²) in [7, 11) is 0. The number of ether oxygens (including phenoxy) is 1. The van der Waals surface area contributed by atoms with Crippen molar-refractivity contribution in [2.24, 2.45) is 5.73 Å². The van der Waals surface area contributed by atoms with Crippen LogP contribution in [0.2, 0.25) is 5.02 Å². The van der Waals surface area contributed by atoms with Gasteiger partial charge in [0.25, 0.3) is 0 Å². The maximum absolute atomic E-state index is 6.41. The number of nitrogens with zero attached hydrogens (tertiary/aromatic N) is 2. The van der Waals surface area contributed by atoms with E-state index in [-0.39, 0.29) is 12.1 Å². The number of rotatable bonds is 3. The summed E-state index contributed by atoms with van der Waals surface area (Å²) in [6, 6.07) is 6.19. The molecule has 0 amide bonds. The first-order chi connectivity index (χ1) is 9.58. The van der Waals surface area contributed by atoms with Crippen LogP contribution in [0.5, 0.6) is 0 Å². The Morgan fingerprint density at radius 1 is 1.30 bits per heavy atom. The quantitative estimate of drug-likeness (QED) is 0.945. The summed E-state index contributed by atoms with van der Waals surface area (Å²) in [4.78, 5) is 0. The topological polar surface area (TPSA) is 53.1 Å². The number of hydrogen-bond donors (Lipinski definition) is 1. The van der Waals surface area contributed by atoms with E-state index in [1.807, 2.05) is 10.7 Å². The average molecular weight is 292 g/mol. The molecule has 1 atom stereocenters. The Bertz CT molecular complexity index is 636. The van der Waals surface area contributed by atoms with E-state index in [1.54, 1.807) is 6.20 Å². The molecule has 0 fully saturated rings. The van der Waals surface area contributed by atoms with Crippen molar-refractivity contribution in [1.82, 2.24) is 9.78 Å². The lowest BCUT2D eigenvalue weighted by Crippen LogP contribution is -2.19.